The first kappa shape index (κ1) is 22.9. The minimum absolute atomic E-state index is 0.138. The summed E-state index contributed by atoms with van der Waals surface area (Å²) in [5.74, 6) is -0.273. The predicted octanol–water partition coefficient (Wildman–Crippen LogP) is 4.37. The third kappa shape index (κ3) is 5.89. The lowest BCUT2D eigenvalue weighted by molar-refractivity contribution is 0.268. The fraction of sp³-hybridized carbons (Fsp3) is 0.591. The summed E-state index contributed by atoms with van der Waals surface area (Å²) in [5, 5.41) is 7.28. The quantitative estimate of drug-likeness (QED) is 0.562. The lowest BCUT2D eigenvalue weighted by atomic mass is 9.96. The topological polar surface area (TPSA) is 69.3 Å². The average Bonchev–Trinajstić information content (AvgIpc) is 3.22. The highest BCUT2D eigenvalue weighted by Gasteiger charge is 2.30. The molecule has 1 fully saturated rings. The number of aromatic amines is 1. The van der Waals surface area contributed by atoms with Gasteiger partial charge in [-0.25, -0.2) is 4.39 Å². The van der Waals surface area contributed by atoms with Gasteiger partial charge in [-0.15, -0.1) is 0 Å². The minimum atomic E-state index is -3.39. The predicted molar refractivity (Wildman–Crippen MR) is 118 cm³/mol. The van der Waals surface area contributed by atoms with Crippen molar-refractivity contribution in [2.24, 2.45) is 0 Å². The van der Waals surface area contributed by atoms with Crippen molar-refractivity contribution in [1.29, 1.82) is 0 Å². The highest BCUT2D eigenvalue weighted by atomic mass is 32.2. The number of unbranched alkanes of at least 4 members (excludes halogenated alkanes) is 2. The minimum Gasteiger partial charge on any atom is -0.282 e. The van der Waals surface area contributed by atoms with Gasteiger partial charge in [0.15, 0.2) is 0 Å². The Morgan fingerprint density at radius 2 is 1.87 bits per heavy atom. The molecule has 1 aromatic carbocycles. The molecule has 0 atom stereocenters. The van der Waals surface area contributed by atoms with E-state index >= 15 is 0 Å². The van der Waals surface area contributed by atoms with Crippen molar-refractivity contribution in [3.05, 3.63) is 41.8 Å². The smallest absolute Gasteiger partial charge is 0.281 e. The summed E-state index contributed by atoms with van der Waals surface area (Å²) in [4.78, 5) is 0. The molecule has 1 N–H and O–H groups in total. The number of aromatic nitrogens is 2. The first-order valence-electron chi connectivity index (χ1n) is 10.9. The van der Waals surface area contributed by atoms with E-state index < -0.39 is 10.2 Å². The number of halogens is 1. The monoisotopic (exact) mass is 436 g/mol. The number of H-pyrrole nitrogens is 1. The summed E-state index contributed by atoms with van der Waals surface area (Å²) < 4.78 is 42.0. The first-order chi connectivity index (χ1) is 14.4. The van der Waals surface area contributed by atoms with Gasteiger partial charge in [0.25, 0.3) is 10.2 Å². The Hall–Kier alpha value is -1.77. The molecule has 0 aliphatic heterocycles. The Morgan fingerprint density at radius 1 is 1.10 bits per heavy atom. The van der Waals surface area contributed by atoms with Crippen molar-refractivity contribution in [3.8, 4) is 11.3 Å². The number of nitrogens with zero attached hydrogens (tertiary/aromatic N) is 3. The Balaban J connectivity index is 1.40. The summed E-state index contributed by atoms with van der Waals surface area (Å²) in [5.41, 5.74) is 2.50. The third-order valence-electron chi connectivity index (χ3n) is 6.02. The van der Waals surface area contributed by atoms with Gasteiger partial charge in [0.2, 0.25) is 0 Å². The number of hydrogen-bond donors (Lipinski definition) is 1. The van der Waals surface area contributed by atoms with Gasteiger partial charge in [0.1, 0.15) is 5.82 Å². The van der Waals surface area contributed by atoms with E-state index in [0.717, 1.165) is 68.3 Å². The van der Waals surface area contributed by atoms with Gasteiger partial charge in [-0.1, -0.05) is 37.8 Å². The van der Waals surface area contributed by atoms with Crippen LogP contribution in [0.3, 0.4) is 0 Å². The SMILES string of the molecule is CN(CCCCCc1cc(-c2cccc(F)c2)n[nH]1)S(=O)(=O)N(C)C1CCCCC1. The summed E-state index contributed by atoms with van der Waals surface area (Å²) in [6, 6.07) is 8.49. The zero-order valence-electron chi connectivity index (χ0n) is 18.0. The summed E-state index contributed by atoms with van der Waals surface area (Å²) in [6.07, 6.45) is 8.89. The number of nitrogens with one attached hydrogen (secondary N) is 1. The molecule has 0 spiro atoms. The Labute approximate surface area is 179 Å². The van der Waals surface area contributed by atoms with Crippen LogP contribution in [0.25, 0.3) is 11.3 Å². The molecule has 1 heterocycles. The molecule has 0 amide bonds. The van der Waals surface area contributed by atoms with E-state index in [1.807, 2.05) is 12.1 Å². The molecule has 1 saturated carbocycles. The Morgan fingerprint density at radius 3 is 2.60 bits per heavy atom. The summed E-state index contributed by atoms with van der Waals surface area (Å²) in [7, 11) is 0.00498. The van der Waals surface area contributed by atoms with Crippen LogP contribution in [0.2, 0.25) is 0 Å². The fourth-order valence-corrected chi connectivity index (χ4v) is 5.47. The van der Waals surface area contributed by atoms with Gasteiger partial charge >= 0.3 is 0 Å². The Kier molecular flexibility index (Phi) is 8.02. The zero-order valence-corrected chi connectivity index (χ0v) is 18.8. The van der Waals surface area contributed by atoms with Crippen LogP contribution in [-0.4, -0.2) is 53.9 Å². The van der Waals surface area contributed by atoms with Crippen molar-refractivity contribution >= 4 is 10.2 Å². The normalized spacial score (nSPS) is 15.9. The van der Waals surface area contributed by atoms with Crippen molar-refractivity contribution in [3.63, 3.8) is 0 Å². The van der Waals surface area contributed by atoms with E-state index in [1.165, 1.54) is 22.9 Å². The molecule has 0 saturated heterocycles. The molecule has 166 valence electrons. The lowest BCUT2D eigenvalue weighted by Gasteiger charge is -2.33. The van der Waals surface area contributed by atoms with Gasteiger partial charge < -0.3 is 0 Å². The third-order valence-corrected chi connectivity index (χ3v) is 8.01. The van der Waals surface area contributed by atoms with Crippen LogP contribution in [0.5, 0.6) is 0 Å². The molecular weight excluding hydrogens is 403 g/mol. The van der Waals surface area contributed by atoms with Gasteiger partial charge in [0, 0.05) is 37.9 Å². The van der Waals surface area contributed by atoms with E-state index in [1.54, 1.807) is 24.5 Å². The summed E-state index contributed by atoms with van der Waals surface area (Å²) >= 11 is 0. The van der Waals surface area contributed by atoms with Gasteiger partial charge in [-0.05, 0) is 50.3 Å². The molecule has 3 rings (SSSR count). The standard InChI is InChI=1S/C22H33FN4O2S/c1-26(30(28,29)27(2)21-13-6-3-7-14-21)15-8-4-5-12-20-17-22(25-24-20)18-10-9-11-19(23)16-18/h9-11,16-17,21H,3-8,12-15H2,1-2H3,(H,24,25). The van der Waals surface area contributed by atoms with Gasteiger partial charge in [0.05, 0.1) is 5.69 Å². The van der Waals surface area contributed by atoms with Crippen molar-refractivity contribution in [2.75, 3.05) is 20.6 Å². The van der Waals surface area contributed by atoms with E-state index in [4.69, 9.17) is 0 Å². The Bertz CT molecular complexity index is 909. The van der Waals surface area contributed by atoms with Crippen LogP contribution in [0.4, 0.5) is 4.39 Å². The lowest BCUT2D eigenvalue weighted by Crippen LogP contribution is -2.45. The second kappa shape index (κ2) is 10.5. The molecule has 8 heteroatoms. The molecule has 1 aromatic heterocycles. The molecule has 30 heavy (non-hydrogen) atoms. The average molecular weight is 437 g/mol. The fourth-order valence-electron chi connectivity index (χ4n) is 4.08. The van der Waals surface area contributed by atoms with E-state index in [2.05, 4.69) is 10.2 Å². The molecule has 0 unspecified atom stereocenters. The highest BCUT2D eigenvalue weighted by molar-refractivity contribution is 7.86. The van der Waals surface area contributed by atoms with Gasteiger partial charge in [-0.2, -0.15) is 22.1 Å². The van der Waals surface area contributed by atoms with Crippen LogP contribution >= 0.6 is 0 Å². The molecule has 2 aromatic rings. The zero-order chi connectivity index (χ0) is 21.6. The van der Waals surface area contributed by atoms with E-state index in [0.29, 0.717) is 6.54 Å². The van der Waals surface area contributed by atoms with Crippen LogP contribution in [0.1, 0.15) is 57.1 Å². The van der Waals surface area contributed by atoms with Crippen LogP contribution in [0, 0.1) is 5.82 Å². The largest absolute Gasteiger partial charge is 0.282 e. The first-order valence-corrected chi connectivity index (χ1v) is 12.3. The maximum atomic E-state index is 13.4. The maximum Gasteiger partial charge on any atom is 0.281 e. The van der Waals surface area contributed by atoms with Crippen LogP contribution in [-0.2, 0) is 16.6 Å². The second-order valence-electron chi connectivity index (χ2n) is 8.24. The van der Waals surface area contributed by atoms with E-state index in [9.17, 15) is 12.8 Å². The van der Waals surface area contributed by atoms with Crippen LogP contribution < -0.4 is 0 Å². The molecule has 1 aliphatic rings. The maximum absolute atomic E-state index is 13.4. The number of aryl methyl sites for hydroxylation is 1. The molecule has 0 bridgehead atoms. The van der Waals surface area contributed by atoms with Crippen molar-refractivity contribution in [1.82, 2.24) is 18.8 Å². The number of rotatable bonds is 10. The highest BCUT2D eigenvalue weighted by Crippen LogP contribution is 2.24. The second-order valence-corrected chi connectivity index (χ2v) is 10.3. The molecule has 6 nitrogen and oxygen atoms in total. The van der Waals surface area contributed by atoms with Crippen LogP contribution in [0.15, 0.2) is 30.3 Å². The summed E-state index contributed by atoms with van der Waals surface area (Å²) in [6.45, 7) is 0.525. The van der Waals surface area contributed by atoms with Gasteiger partial charge in [-0.3, -0.25) is 5.10 Å². The molecule has 1 aliphatic carbocycles. The van der Waals surface area contributed by atoms with Crippen molar-refractivity contribution in [2.45, 2.75) is 63.8 Å². The molecule has 0 radical (unpaired) electrons. The molecular formula is C22H33FN4O2S. The van der Waals surface area contributed by atoms with E-state index in [-0.39, 0.29) is 11.9 Å². The number of benzene rings is 1. The number of hydrogen-bond acceptors (Lipinski definition) is 3. The van der Waals surface area contributed by atoms with Crippen molar-refractivity contribution < 1.29 is 12.8 Å².